The zero-order valence-electron chi connectivity index (χ0n) is 17.1. The molecule has 156 valence electrons. The number of nitriles is 1. The topological polar surface area (TPSA) is 62.1 Å². The lowest BCUT2D eigenvalue weighted by atomic mass is 10.1. The van der Waals surface area contributed by atoms with Gasteiger partial charge in [-0.3, -0.25) is 4.79 Å². The Morgan fingerprint density at radius 2 is 1.75 bits per heavy atom. The van der Waals surface area contributed by atoms with E-state index >= 15 is 0 Å². The maximum Gasteiger partial charge on any atom is 0.266 e. The van der Waals surface area contributed by atoms with Crippen molar-refractivity contribution >= 4 is 51.0 Å². The van der Waals surface area contributed by atoms with Gasteiger partial charge in [0, 0.05) is 9.26 Å². The molecule has 0 radical (unpaired) electrons. The molecule has 0 unspecified atom stereocenters. The van der Waals surface area contributed by atoms with E-state index in [4.69, 9.17) is 4.74 Å². The Morgan fingerprint density at radius 1 is 0.969 bits per heavy atom. The van der Waals surface area contributed by atoms with E-state index in [1.54, 1.807) is 12.1 Å². The number of benzene rings is 4. The quantitative estimate of drug-likeness (QED) is 0.174. The number of halogens is 1. The molecule has 0 bridgehead atoms. The van der Waals surface area contributed by atoms with Crippen LogP contribution < -0.4 is 10.1 Å². The Kier molecular flexibility index (Phi) is 6.83. The van der Waals surface area contributed by atoms with Gasteiger partial charge in [0.05, 0.1) is 0 Å². The van der Waals surface area contributed by atoms with Crippen LogP contribution in [-0.2, 0) is 11.4 Å². The number of amides is 1. The van der Waals surface area contributed by atoms with Crippen molar-refractivity contribution in [3.8, 4) is 11.8 Å². The number of nitrogens with zero attached hydrogens (tertiary/aromatic N) is 1. The Bertz CT molecular complexity index is 1350. The number of carbonyl (C=O) groups excluding carboxylic acids is 1. The Labute approximate surface area is 200 Å². The molecular formula is C27H19IN2O2. The molecule has 0 atom stereocenters. The molecule has 0 fully saturated rings. The SMILES string of the molecule is N#C/C(=C\c1cccc(OCc2cccc3ccccc23)c1)C(=O)Nc1cccc(I)c1. The second kappa shape index (κ2) is 10.1. The summed E-state index contributed by atoms with van der Waals surface area (Å²) in [4.78, 5) is 12.5. The normalized spacial score (nSPS) is 11.1. The van der Waals surface area contributed by atoms with Crippen molar-refractivity contribution in [1.82, 2.24) is 0 Å². The summed E-state index contributed by atoms with van der Waals surface area (Å²) >= 11 is 2.17. The van der Waals surface area contributed by atoms with Gasteiger partial charge in [-0.05, 0) is 80.9 Å². The van der Waals surface area contributed by atoms with Crippen LogP contribution in [0.2, 0.25) is 0 Å². The fourth-order valence-electron chi connectivity index (χ4n) is 3.35. The van der Waals surface area contributed by atoms with E-state index in [1.807, 2.05) is 66.7 Å². The van der Waals surface area contributed by atoms with E-state index in [2.05, 4.69) is 52.2 Å². The molecule has 0 aromatic heterocycles. The molecule has 0 saturated carbocycles. The highest BCUT2D eigenvalue weighted by Gasteiger charge is 2.10. The van der Waals surface area contributed by atoms with Crippen molar-refractivity contribution in [2.24, 2.45) is 0 Å². The minimum absolute atomic E-state index is 0.0232. The van der Waals surface area contributed by atoms with Gasteiger partial charge in [0.15, 0.2) is 0 Å². The van der Waals surface area contributed by atoms with Crippen LogP contribution in [0.5, 0.6) is 5.75 Å². The van der Waals surface area contributed by atoms with Crippen molar-refractivity contribution in [3.05, 3.63) is 111 Å². The number of hydrogen-bond donors (Lipinski definition) is 1. The van der Waals surface area contributed by atoms with Crippen LogP contribution in [0.4, 0.5) is 5.69 Å². The summed E-state index contributed by atoms with van der Waals surface area (Å²) in [6, 6.07) is 31.1. The van der Waals surface area contributed by atoms with Crippen LogP contribution in [0.1, 0.15) is 11.1 Å². The summed E-state index contributed by atoms with van der Waals surface area (Å²) < 4.78 is 7.01. The second-order valence-corrected chi connectivity index (χ2v) is 8.38. The molecule has 0 aliphatic carbocycles. The van der Waals surface area contributed by atoms with Crippen LogP contribution in [0.3, 0.4) is 0 Å². The molecule has 0 spiro atoms. The highest BCUT2D eigenvalue weighted by atomic mass is 127. The molecule has 5 heteroatoms. The minimum Gasteiger partial charge on any atom is -0.489 e. The summed E-state index contributed by atoms with van der Waals surface area (Å²) in [7, 11) is 0. The van der Waals surface area contributed by atoms with Gasteiger partial charge in [-0.1, -0.05) is 60.7 Å². The minimum atomic E-state index is -0.448. The summed E-state index contributed by atoms with van der Waals surface area (Å²) in [6.45, 7) is 0.423. The lowest BCUT2D eigenvalue weighted by Crippen LogP contribution is -2.13. The number of nitrogens with one attached hydrogen (secondary N) is 1. The maximum absolute atomic E-state index is 12.5. The van der Waals surface area contributed by atoms with E-state index in [-0.39, 0.29) is 5.57 Å². The highest BCUT2D eigenvalue weighted by Crippen LogP contribution is 2.22. The Balaban J connectivity index is 1.49. The first-order valence-corrected chi connectivity index (χ1v) is 11.1. The zero-order chi connectivity index (χ0) is 22.3. The standard InChI is InChI=1S/C27H19IN2O2/c28-23-10-5-11-24(16-23)30-27(31)22(17-29)14-19-6-3-12-25(15-19)32-18-21-9-4-8-20-7-1-2-13-26(20)21/h1-16H,18H2,(H,30,31)/b22-14+. The summed E-state index contributed by atoms with van der Waals surface area (Å²) in [5, 5.41) is 14.6. The van der Waals surface area contributed by atoms with E-state index in [0.29, 0.717) is 18.0 Å². The third-order valence-corrected chi connectivity index (χ3v) is 5.56. The lowest BCUT2D eigenvalue weighted by Gasteiger charge is -2.10. The molecule has 0 heterocycles. The summed E-state index contributed by atoms with van der Waals surface area (Å²) in [5.41, 5.74) is 2.48. The van der Waals surface area contributed by atoms with Crippen molar-refractivity contribution in [1.29, 1.82) is 5.26 Å². The van der Waals surface area contributed by atoms with Gasteiger partial charge in [-0.25, -0.2) is 0 Å². The average Bonchev–Trinajstić information content (AvgIpc) is 2.81. The number of carbonyl (C=O) groups is 1. The number of fused-ring (bicyclic) bond motifs is 1. The molecule has 0 aliphatic heterocycles. The van der Waals surface area contributed by atoms with Crippen LogP contribution in [0.25, 0.3) is 16.8 Å². The first-order chi connectivity index (χ1) is 15.6. The van der Waals surface area contributed by atoms with Crippen molar-refractivity contribution in [2.45, 2.75) is 6.61 Å². The van der Waals surface area contributed by atoms with Crippen LogP contribution >= 0.6 is 22.6 Å². The first-order valence-electron chi connectivity index (χ1n) is 10.0. The van der Waals surface area contributed by atoms with E-state index in [9.17, 15) is 10.1 Å². The first kappa shape index (κ1) is 21.6. The molecule has 1 amide bonds. The number of anilines is 1. The lowest BCUT2D eigenvalue weighted by molar-refractivity contribution is -0.112. The van der Waals surface area contributed by atoms with Gasteiger partial charge in [-0.15, -0.1) is 0 Å². The van der Waals surface area contributed by atoms with Crippen LogP contribution in [0, 0.1) is 14.9 Å². The van der Waals surface area contributed by atoms with Crippen LogP contribution in [-0.4, -0.2) is 5.91 Å². The van der Waals surface area contributed by atoms with Gasteiger partial charge >= 0.3 is 0 Å². The van der Waals surface area contributed by atoms with E-state index in [1.165, 1.54) is 5.39 Å². The van der Waals surface area contributed by atoms with Gasteiger partial charge in [0.25, 0.3) is 5.91 Å². The molecule has 4 rings (SSSR count). The van der Waals surface area contributed by atoms with E-state index < -0.39 is 5.91 Å². The molecule has 4 nitrogen and oxygen atoms in total. The van der Waals surface area contributed by atoms with Gasteiger partial charge in [-0.2, -0.15) is 5.26 Å². The maximum atomic E-state index is 12.5. The van der Waals surface area contributed by atoms with E-state index in [0.717, 1.165) is 20.1 Å². The Hall–Kier alpha value is -3.63. The van der Waals surface area contributed by atoms with Gasteiger partial charge in [0.1, 0.15) is 24.0 Å². The van der Waals surface area contributed by atoms with Crippen molar-refractivity contribution < 1.29 is 9.53 Å². The predicted octanol–water partition coefficient (Wildman–Crippen LogP) is 6.57. The number of hydrogen-bond acceptors (Lipinski definition) is 3. The zero-order valence-corrected chi connectivity index (χ0v) is 19.2. The van der Waals surface area contributed by atoms with Crippen molar-refractivity contribution in [3.63, 3.8) is 0 Å². The fraction of sp³-hybridized carbons (Fsp3) is 0.0370. The van der Waals surface area contributed by atoms with Crippen molar-refractivity contribution in [2.75, 3.05) is 5.32 Å². The molecule has 4 aromatic rings. The number of ether oxygens (including phenoxy) is 1. The Morgan fingerprint density at radius 3 is 2.59 bits per heavy atom. The third-order valence-electron chi connectivity index (χ3n) is 4.89. The molecule has 4 aromatic carbocycles. The largest absolute Gasteiger partial charge is 0.489 e. The molecule has 32 heavy (non-hydrogen) atoms. The fourth-order valence-corrected chi connectivity index (χ4v) is 3.90. The second-order valence-electron chi connectivity index (χ2n) is 7.13. The summed E-state index contributed by atoms with van der Waals surface area (Å²) in [5.74, 6) is 0.221. The average molecular weight is 530 g/mol. The molecule has 0 saturated heterocycles. The summed E-state index contributed by atoms with van der Waals surface area (Å²) in [6.07, 6.45) is 1.56. The van der Waals surface area contributed by atoms with Gasteiger partial charge in [0.2, 0.25) is 0 Å². The van der Waals surface area contributed by atoms with Gasteiger partial charge < -0.3 is 10.1 Å². The monoisotopic (exact) mass is 530 g/mol. The number of rotatable bonds is 6. The highest BCUT2D eigenvalue weighted by molar-refractivity contribution is 14.1. The molecular weight excluding hydrogens is 511 g/mol. The third kappa shape index (κ3) is 5.34. The van der Waals surface area contributed by atoms with Crippen LogP contribution in [0.15, 0.2) is 96.6 Å². The smallest absolute Gasteiger partial charge is 0.266 e. The molecule has 0 aliphatic rings. The molecule has 1 N–H and O–H groups in total. The predicted molar refractivity (Wildman–Crippen MR) is 136 cm³/mol.